The Labute approximate surface area is 98.7 Å². The molecule has 1 aromatic carbocycles. The summed E-state index contributed by atoms with van der Waals surface area (Å²) in [6.07, 6.45) is 0.592. The van der Waals surface area contributed by atoms with E-state index in [0.29, 0.717) is 13.2 Å². The third-order valence-corrected chi connectivity index (χ3v) is 2.80. The van der Waals surface area contributed by atoms with Crippen LogP contribution < -0.4 is 10.1 Å². The highest BCUT2D eigenvalue weighted by atomic mass is 19.1. The van der Waals surface area contributed by atoms with E-state index in [4.69, 9.17) is 9.47 Å². The summed E-state index contributed by atoms with van der Waals surface area (Å²) in [5.74, 6) is -1.09. The molecule has 3 nitrogen and oxygen atoms in total. The van der Waals surface area contributed by atoms with Gasteiger partial charge in [0, 0.05) is 30.8 Å². The van der Waals surface area contributed by atoms with E-state index >= 15 is 0 Å². The van der Waals surface area contributed by atoms with E-state index in [-0.39, 0.29) is 17.9 Å². The van der Waals surface area contributed by atoms with Gasteiger partial charge in [-0.25, -0.2) is 8.78 Å². The maximum Gasteiger partial charge on any atom is 0.137 e. The predicted octanol–water partition coefficient (Wildman–Crippen LogP) is 1.72. The molecule has 0 saturated carbocycles. The number of hydrogen-bond acceptors (Lipinski definition) is 3. The van der Waals surface area contributed by atoms with Crippen LogP contribution in [0.1, 0.15) is 6.42 Å². The van der Waals surface area contributed by atoms with Crippen molar-refractivity contribution in [3.05, 3.63) is 29.8 Å². The summed E-state index contributed by atoms with van der Waals surface area (Å²) in [5, 5.41) is 3.11. The average Bonchev–Trinajstić information content (AvgIpc) is 2.28. The SMILES string of the molecule is CNC1CCOCC1Oc1cc(F)cc(F)c1. The second-order valence-electron chi connectivity index (χ2n) is 4.02. The predicted molar refractivity (Wildman–Crippen MR) is 59.1 cm³/mol. The normalized spacial score (nSPS) is 24.6. The number of likely N-dealkylation sites (N-methyl/N-ethyl adjacent to an activating group) is 1. The van der Waals surface area contributed by atoms with Crippen molar-refractivity contribution in [1.29, 1.82) is 0 Å². The second-order valence-corrected chi connectivity index (χ2v) is 4.02. The second kappa shape index (κ2) is 5.42. The van der Waals surface area contributed by atoms with Gasteiger partial charge in [0.2, 0.25) is 0 Å². The van der Waals surface area contributed by atoms with Crippen molar-refractivity contribution >= 4 is 0 Å². The maximum atomic E-state index is 13.0. The van der Waals surface area contributed by atoms with E-state index in [1.165, 1.54) is 12.1 Å². The van der Waals surface area contributed by atoms with Crippen LogP contribution in [0.3, 0.4) is 0 Å². The van der Waals surface area contributed by atoms with Crippen LogP contribution in [-0.4, -0.2) is 32.4 Å². The molecule has 0 bridgehead atoms. The highest BCUT2D eigenvalue weighted by molar-refractivity contribution is 5.24. The molecular weight excluding hydrogens is 228 g/mol. The van der Waals surface area contributed by atoms with E-state index in [9.17, 15) is 8.78 Å². The lowest BCUT2D eigenvalue weighted by atomic mass is 10.1. The first kappa shape index (κ1) is 12.3. The van der Waals surface area contributed by atoms with Crippen LogP contribution in [0, 0.1) is 11.6 Å². The smallest absolute Gasteiger partial charge is 0.137 e. The Morgan fingerprint density at radius 1 is 1.29 bits per heavy atom. The number of halogens is 2. The minimum absolute atomic E-state index is 0.134. The third-order valence-electron chi connectivity index (χ3n) is 2.80. The Morgan fingerprint density at radius 2 is 2.00 bits per heavy atom. The lowest BCUT2D eigenvalue weighted by Gasteiger charge is -2.31. The zero-order valence-corrected chi connectivity index (χ0v) is 9.58. The van der Waals surface area contributed by atoms with Crippen molar-refractivity contribution < 1.29 is 18.3 Å². The van der Waals surface area contributed by atoms with E-state index in [1.807, 2.05) is 7.05 Å². The van der Waals surface area contributed by atoms with Crippen molar-refractivity contribution in [3.63, 3.8) is 0 Å². The first-order valence-electron chi connectivity index (χ1n) is 5.57. The third kappa shape index (κ3) is 3.14. The van der Waals surface area contributed by atoms with E-state index < -0.39 is 11.6 Å². The summed E-state index contributed by atoms with van der Waals surface area (Å²) in [4.78, 5) is 0. The topological polar surface area (TPSA) is 30.5 Å². The molecule has 0 amide bonds. The van der Waals surface area contributed by atoms with Gasteiger partial charge >= 0.3 is 0 Å². The van der Waals surface area contributed by atoms with Crippen molar-refractivity contribution in [1.82, 2.24) is 5.32 Å². The fraction of sp³-hybridized carbons (Fsp3) is 0.500. The minimum atomic E-state index is -0.641. The molecule has 1 aliphatic rings. The zero-order valence-electron chi connectivity index (χ0n) is 9.58. The van der Waals surface area contributed by atoms with Gasteiger partial charge in [0.25, 0.3) is 0 Å². The molecule has 1 N–H and O–H groups in total. The molecule has 0 aliphatic carbocycles. The molecule has 1 aromatic rings. The fourth-order valence-electron chi connectivity index (χ4n) is 1.93. The number of nitrogens with one attached hydrogen (secondary N) is 1. The van der Waals surface area contributed by atoms with E-state index in [2.05, 4.69) is 5.32 Å². The van der Waals surface area contributed by atoms with Gasteiger partial charge in [0.1, 0.15) is 23.5 Å². The van der Waals surface area contributed by atoms with Gasteiger partial charge in [0.15, 0.2) is 0 Å². The summed E-state index contributed by atoms with van der Waals surface area (Å²) in [6, 6.07) is 3.30. The molecule has 2 rings (SSSR count). The number of hydrogen-bond donors (Lipinski definition) is 1. The van der Waals surface area contributed by atoms with Gasteiger partial charge in [0.05, 0.1) is 6.61 Å². The van der Waals surface area contributed by atoms with Crippen LogP contribution in [0.4, 0.5) is 8.78 Å². The summed E-state index contributed by atoms with van der Waals surface area (Å²) in [5.41, 5.74) is 0. The largest absolute Gasteiger partial charge is 0.486 e. The van der Waals surface area contributed by atoms with Gasteiger partial charge in [-0.2, -0.15) is 0 Å². The van der Waals surface area contributed by atoms with Crippen LogP contribution in [0.2, 0.25) is 0 Å². The number of benzene rings is 1. The lowest BCUT2D eigenvalue weighted by molar-refractivity contribution is -0.0131. The van der Waals surface area contributed by atoms with Crippen molar-refractivity contribution in [2.24, 2.45) is 0 Å². The standard InChI is InChI=1S/C12H15F2NO2/c1-15-11-2-3-16-7-12(11)17-10-5-8(13)4-9(14)6-10/h4-6,11-12,15H,2-3,7H2,1H3. The van der Waals surface area contributed by atoms with Crippen molar-refractivity contribution in [2.45, 2.75) is 18.6 Å². The molecule has 5 heteroatoms. The number of ether oxygens (including phenoxy) is 2. The van der Waals surface area contributed by atoms with Crippen LogP contribution >= 0.6 is 0 Å². The molecule has 1 fully saturated rings. The monoisotopic (exact) mass is 243 g/mol. The van der Waals surface area contributed by atoms with Gasteiger partial charge in [-0.3, -0.25) is 0 Å². The lowest BCUT2D eigenvalue weighted by Crippen LogP contribution is -2.48. The summed E-state index contributed by atoms with van der Waals surface area (Å²) < 4.78 is 36.8. The number of rotatable bonds is 3. The zero-order chi connectivity index (χ0) is 12.3. The summed E-state index contributed by atoms with van der Waals surface area (Å²) in [7, 11) is 1.83. The molecule has 0 aromatic heterocycles. The summed E-state index contributed by atoms with van der Waals surface area (Å²) in [6.45, 7) is 1.09. The Hall–Kier alpha value is -1.20. The quantitative estimate of drug-likeness (QED) is 0.876. The molecule has 17 heavy (non-hydrogen) atoms. The van der Waals surface area contributed by atoms with Gasteiger partial charge in [-0.15, -0.1) is 0 Å². The average molecular weight is 243 g/mol. The van der Waals surface area contributed by atoms with Crippen LogP contribution in [0.25, 0.3) is 0 Å². The van der Waals surface area contributed by atoms with Crippen molar-refractivity contribution in [3.8, 4) is 5.75 Å². The van der Waals surface area contributed by atoms with E-state index in [1.54, 1.807) is 0 Å². The molecule has 0 radical (unpaired) electrons. The van der Waals surface area contributed by atoms with E-state index in [0.717, 1.165) is 12.5 Å². The first-order valence-corrected chi connectivity index (χ1v) is 5.57. The molecule has 1 aliphatic heterocycles. The van der Waals surface area contributed by atoms with Crippen LogP contribution in [0.5, 0.6) is 5.75 Å². The molecule has 1 heterocycles. The Morgan fingerprint density at radius 3 is 2.65 bits per heavy atom. The van der Waals surface area contributed by atoms with Crippen LogP contribution in [0.15, 0.2) is 18.2 Å². The summed E-state index contributed by atoms with van der Waals surface area (Å²) >= 11 is 0. The minimum Gasteiger partial charge on any atom is -0.486 e. The van der Waals surface area contributed by atoms with Gasteiger partial charge in [-0.05, 0) is 13.5 Å². The van der Waals surface area contributed by atoms with Crippen molar-refractivity contribution in [2.75, 3.05) is 20.3 Å². The maximum absolute atomic E-state index is 13.0. The first-order chi connectivity index (χ1) is 8.19. The van der Waals surface area contributed by atoms with Crippen LogP contribution in [-0.2, 0) is 4.74 Å². The molecule has 94 valence electrons. The molecule has 1 saturated heterocycles. The highest BCUT2D eigenvalue weighted by Crippen LogP contribution is 2.20. The Balaban J connectivity index is 2.08. The Kier molecular flexibility index (Phi) is 3.91. The molecule has 2 atom stereocenters. The van der Waals surface area contributed by atoms with Gasteiger partial charge in [-0.1, -0.05) is 0 Å². The molecule has 0 spiro atoms. The molecular formula is C12H15F2NO2. The fourth-order valence-corrected chi connectivity index (χ4v) is 1.93. The molecule has 2 unspecified atom stereocenters. The van der Waals surface area contributed by atoms with Gasteiger partial charge < -0.3 is 14.8 Å². The highest BCUT2D eigenvalue weighted by Gasteiger charge is 2.26. The Bertz CT molecular complexity index is 367.